The molecule has 6 N–H and O–H groups in total. The molecular weight excluding hydrogens is 959 g/mol. The molecule has 9 nitrogen and oxygen atoms in total. The van der Waals surface area contributed by atoms with Gasteiger partial charge in [0.1, 0.15) is 24.4 Å². The van der Waals surface area contributed by atoms with Crippen molar-refractivity contribution in [2.75, 3.05) is 13.2 Å². The van der Waals surface area contributed by atoms with Crippen molar-refractivity contribution in [3.05, 3.63) is 24.3 Å². The molecule has 0 saturated carbocycles. The summed E-state index contributed by atoms with van der Waals surface area (Å²) >= 11 is 0. The molecule has 77 heavy (non-hydrogen) atoms. The van der Waals surface area contributed by atoms with Crippen molar-refractivity contribution in [2.24, 2.45) is 0 Å². The minimum Gasteiger partial charge on any atom is -0.394 e. The highest BCUT2D eigenvalue weighted by atomic mass is 16.7. The van der Waals surface area contributed by atoms with Crippen LogP contribution in [0.25, 0.3) is 0 Å². The molecular formula is C68H131NO8. The Morgan fingerprint density at radius 1 is 0.442 bits per heavy atom. The smallest absolute Gasteiger partial charge is 0.220 e. The van der Waals surface area contributed by atoms with E-state index in [9.17, 15) is 30.3 Å². The van der Waals surface area contributed by atoms with E-state index in [4.69, 9.17) is 9.47 Å². The Labute approximate surface area is 477 Å². The first-order chi connectivity index (χ1) is 37.8. The van der Waals surface area contributed by atoms with Crippen molar-refractivity contribution in [2.45, 2.75) is 391 Å². The van der Waals surface area contributed by atoms with E-state index in [1.54, 1.807) is 0 Å². The van der Waals surface area contributed by atoms with Gasteiger partial charge in [-0.3, -0.25) is 4.79 Å². The second-order valence-corrected chi connectivity index (χ2v) is 24.0. The fourth-order valence-electron chi connectivity index (χ4n) is 11.2. The highest BCUT2D eigenvalue weighted by Gasteiger charge is 2.44. The Morgan fingerprint density at radius 2 is 0.766 bits per heavy atom. The number of hydrogen-bond acceptors (Lipinski definition) is 8. The van der Waals surface area contributed by atoms with Crippen LogP contribution in [0.5, 0.6) is 0 Å². The van der Waals surface area contributed by atoms with Crippen molar-refractivity contribution in [1.82, 2.24) is 5.32 Å². The van der Waals surface area contributed by atoms with Gasteiger partial charge in [0.05, 0.1) is 25.4 Å². The van der Waals surface area contributed by atoms with Crippen LogP contribution in [-0.4, -0.2) is 87.5 Å². The van der Waals surface area contributed by atoms with E-state index in [0.29, 0.717) is 12.8 Å². The van der Waals surface area contributed by atoms with Crippen LogP contribution in [0, 0.1) is 0 Å². The van der Waals surface area contributed by atoms with E-state index in [2.05, 4.69) is 43.5 Å². The molecule has 0 aromatic carbocycles. The number of carbonyl (C=O) groups excluding carboxylic acids is 1. The number of nitrogens with one attached hydrogen (secondary N) is 1. The summed E-state index contributed by atoms with van der Waals surface area (Å²) in [5.41, 5.74) is 0. The largest absolute Gasteiger partial charge is 0.394 e. The van der Waals surface area contributed by atoms with Gasteiger partial charge >= 0.3 is 0 Å². The van der Waals surface area contributed by atoms with Crippen LogP contribution in [0.1, 0.15) is 348 Å². The summed E-state index contributed by atoms with van der Waals surface area (Å²) in [4.78, 5) is 13.1. The molecule has 0 spiro atoms. The van der Waals surface area contributed by atoms with Crippen LogP contribution in [-0.2, 0) is 14.3 Å². The fraction of sp³-hybridized carbons (Fsp3) is 0.926. The predicted molar refractivity (Wildman–Crippen MR) is 327 cm³/mol. The van der Waals surface area contributed by atoms with E-state index < -0.39 is 49.5 Å². The van der Waals surface area contributed by atoms with E-state index in [0.717, 1.165) is 44.9 Å². The summed E-state index contributed by atoms with van der Waals surface area (Å²) < 4.78 is 11.4. The Morgan fingerprint density at radius 3 is 1.12 bits per heavy atom. The third-order valence-corrected chi connectivity index (χ3v) is 16.6. The molecule has 0 aromatic rings. The quantitative estimate of drug-likeness (QED) is 0.0261. The van der Waals surface area contributed by atoms with Crippen molar-refractivity contribution in [1.29, 1.82) is 0 Å². The van der Waals surface area contributed by atoms with Gasteiger partial charge in [0.15, 0.2) is 6.29 Å². The first-order valence-corrected chi connectivity index (χ1v) is 34.0. The number of ether oxygens (including phenoxy) is 2. The molecule has 1 aliphatic heterocycles. The molecule has 9 heteroatoms. The second kappa shape index (κ2) is 57.9. The van der Waals surface area contributed by atoms with Crippen molar-refractivity contribution < 1.29 is 39.8 Å². The van der Waals surface area contributed by atoms with Gasteiger partial charge in [0.25, 0.3) is 0 Å². The first-order valence-electron chi connectivity index (χ1n) is 34.0. The molecule has 1 heterocycles. The minimum absolute atomic E-state index is 0.135. The third-order valence-electron chi connectivity index (χ3n) is 16.6. The fourth-order valence-corrected chi connectivity index (χ4v) is 11.2. The number of unbranched alkanes of at least 4 members (excludes halogenated alkanes) is 46. The zero-order chi connectivity index (χ0) is 55.8. The van der Waals surface area contributed by atoms with Crippen LogP contribution in [0.2, 0.25) is 0 Å². The molecule has 1 rings (SSSR count). The van der Waals surface area contributed by atoms with Crippen molar-refractivity contribution >= 4 is 5.91 Å². The lowest BCUT2D eigenvalue weighted by Crippen LogP contribution is -2.60. The minimum atomic E-state index is -1.55. The maximum Gasteiger partial charge on any atom is 0.220 e. The van der Waals surface area contributed by atoms with Crippen molar-refractivity contribution in [3.8, 4) is 0 Å². The van der Waals surface area contributed by atoms with Gasteiger partial charge in [-0.05, 0) is 44.9 Å². The average Bonchev–Trinajstić information content (AvgIpc) is 3.43. The lowest BCUT2D eigenvalue weighted by atomic mass is 9.99. The van der Waals surface area contributed by atoms with Gasteiger partial charge in [-0.2, -0.15) is 0 Å². The molecule has 0 aromatic heterocycles. The maximum atomic E-state index is 13.1. The van der Waals surface area contributed by atoms with E-state index in [1.807, 2.05) is 0 Å². The van der Waals surface area contributed by atoms with Crippen LogP contribution in [0.15, 0.2) is 24.3 Å². The SMILES string of the molecule is CCCCCCCCCCC/C=C\C/C=C\CCCCCCCCCCCCCCCC(=O)NC(COC1OC(CO)C(O)C(O)C1O)C(O)CCCCCCCCCCCCCCCCCCCCCCCCCCC. The van der Waals surface area contributed by atoms with Crippen LogP contribution in [0.4, 0.5) is 0 Å². The van der Waals surface area contributed by atoms with E-state index in [1.165, 1.54) is 276 Å². The molecule has 1 fully saturated rings. The lowest BCUT2D eigenvalue weighted by molar-refractivity contribution is -0.302. The lowest BCUT2D eigenvalue weighted by Gasteiger charge is -2.40. The van der Waals surface area contributed by atoms with Crippen molar-refractivity contribution in [3.63, 3.8) is 0 Å². The molecule has 7 atom stereocenters. The standard InChI is InChI=1S/C68H131NO8/c1-3-5-7-9-11-13-15-17-19-21-23-25-27-29-30-31-32-34-36-38-40-42-44-46-48-50-52-54-56-58-64(72)69-61(60-76-68-67(75)66(74)65(73)63(59-70)77-68)62(71)57-55-53-51-49-47-45-43-41-39-37-35-33-28-26-24-22-20-18-16-14-12-10-8-6-4-2/h23,25,29-30,61-63,65-68,70-71,73-75H,3-22,24,26-28,31-60H2,1-2H3,(H,69,72)/b25-23-,30-29-. The van der Waals surface area contributed by atoms with Gasteiger partial charge in [0, 0.05) is 6.42 Å². The summed E-state index contributed by atoms with van der Waals surface area (Å²) in [6.45, 7) is 3.89. The van der Waals surface area contributed by atoms with Gasteiger partial charge in [-0.1, -0.05) is 321 Å². The summed E-state index contributed by atoms with van der Waals surface area (Å²) in [5, 5.41) is 54.9. The molecule has 1 aliphatic rings. The zero-order valence-corrected chi connectivity index (χ0v) is 51.0. The highest BCUT2D eigenvalue weighted by Crippen LogP contribution is 2.24. The third kappa shape index (κ3) is 46.9. The monoisotopic (exact) mass is 1090 g/mol. The molecule has 0 bridgehead atoms. The predicted octanol–water partition coefficient (Wildman–Crippen LogP) is 18.1. The summed E-state index contributed by atoms with van der Waals surface area (Å²) in [5.74, 6) is -0.139. The molecule has 0 aliphatic carbocycles. The number of amides is 1. The number of rotatable bonds is 60. The molecule has 0 radical (unpaired) electrons. The zero-order valence-electron chi connectivity index (χ0n) is 51.0. The molecule has 7 unspecified atom stereocenters. The van der Waals surface area contributed by atoms with E-state index >= 15 is 0 Å². The summed E-state index contributed by atoms with van der Waals surface area (Å²) in [7, 11) is 0. The second-order valence-electron chi connectivity index (χ2n) is 24.0. The topological polar surface area (TPSA) is 149 Å². The Bertz CT molecular complexity index is 1260. The normalized spacial score (nSPS) is 18.8. The molecule has 456 valence electrons. The summed E-state index contributed by atoms with van der Waals surface area (Å²) in [6, 6.07) is -0.720. The van der Waals surface area contributed by atoms with Crippen LogP contribution in [0.3, 0.4) is 0 Å². The number of carbonyl (C=O) groups is 1. The summed E-state index contributed by atoms with van der Waals surface area (Å²) in [6.07, 6.45) is 68.1. The highest BCUT2D eigenvalue weighted by molar-refractivity contribution is 5.76. The Kier molecular flexibility index (Phi) is 55.4. The molecule has 1 saturated heterocycles. The first kappa shape index (κ1) is 73.7. The Balaban J connectivity index is 2.13. The van der Waals surface area contributed by atoms with Gasteiger partial charge in [-0.25, -0.2) is 0 Å². The van der Waals surface area contributed by atoms with Crippen LogP contribution >= 0.6 is 0 Å². The Hall–Kier alpha value is -1.33. The number of aliphatic hydroxyl groups excluding tert-OH is 5. The van der Waals surface area contributed by atoms with Gasteiger partial charge < -0.3 is 40.3 Å². The number of hydrogen-bond donors (Lipinski definition) is 6. The number of aliphatic hydroxyl groups is 5. The maximum absolute atomic E-state index is 13.1. The van der Waals surface area contributed by atoms with E-state index in [-0.39, 0.29) is 12.5 Å². The average molecular weight is 1090 g/mol. The number of allylic oxidation sites excluding steroid dienone is 4. The molecule has 1 amide bonds. The van der Waals surface area contributed by atoms with Crippen LogP contribution < -0.4 is 5.32 Å². The van der Waals surface area contributed by atoms with Gasteiger partial charge in [-0.15, -0.1) is 0 Å². The van der Waals surface area contributed by atoms with Gasteiger partial charge in [0.2, 0.25) is 5.91 Å².